The van der Waals surface area contributed by atoms with E-state index in [4.69, 9.17) is 0 Å². The largest absolute Gasteiger partial charge is 0.330 e. The molecule has 2 aromatic rings. The number of aryl methyl sites for hydroxylation is 1. The number of hydrogen-bond acceptors (Lipinski definition) is 2. The van der Waals surface area contributed by atoms with E-state index in [0.717, 1.165) is 36.5 Å². The van der Waals surface area contributed by atoms with Crippen LogP contribution in [-0.4, -0.2) is 27.7 Å². The molecule has 2 heterocycles. The van der Waals surface area contributed by atoms with E-state index < -0.39 is 0 Å². The van der Waals surface area contributed by atoms with Gasteiger partial charge in [-0.05, 0) is 44.0 Å². The number of nitrogens with one attached hydrogen (secondary N) is 1. The van der Waals surface area contributed by atoms with Gasteiger partial charge in [0.2, 0.25) is 0 Å². The van der Waals surface area contributed by atoms with E-state index in [0.29, 0.717) is 0 Å². The third-order valence-corrected chi connectivity index (χ3v) is 5.15. The van der Waals surface area contributed by atoms with E-state index in [1.165, 1.54) is 19.3 Å². The summed E-state index contributed by atoms with van der Waals surface area (Å²) in [4.78, 5) is 18.5. The molecular weight excluding hydrogens is 288 g/mol. The van der Waals surface area contributed by atoms with E-state index in [9.17, 15) is 4.79 Å². The summed E-state index contributed by atoms with van der Waals surface area (Å²) < 4.78 is 2.04. The second kappa shape index (κ2) is 5.41. The molecule has 2 fully saturated rings. The Morgan fingerprint density at radius 1 is 1.09 bits per heavy atom. The predicted octanol–water partition coefficient (Wildman–Crippen LogP) is 3.41. The van der Waals surface area contributed by atoms with Crippen molar-refractivity contribution >= 4 is 11.7 Å². The number of hydrogen-bond donors (Lipinski definition) is 1. The molecule has 4 rings (SSSR count). The zero-order valence-corrected chi connectivity index (χ0v) is 13.5. The summed E-state index contributed by atoms with van der Waals surface area (Å²) in [6.07, 6.45) is 9.57. The van der Waals surface area contributed by atoms with Crippen LogP contribution in [0.3, 0.4) is 0 Å². The molecule has 23 heavy (non-hydrogen) atoms. The summed E-state index contributed by atoms with van der Waals surface area (Å²) in [5, 5.41) is 3.24. The van der Waals surface area contributed by atoms with Crippen molar-refractivity contribution in [1.82, 2.24) is 14.9 Å². The van der Waals surface area contributed by atoms with Gasteiger partial charge >= 0.3 is 6.03 Å². The molecule has 5 nitrogen and oxygen atoms in total. The molecule has 2 amide bonds. The van der Waals surface area contributed by atoms with Crippen LogP contribution in [0.15, 0.2) is 36.8 Å². The highest BCUT2D eigenvalue weighted by atomic mass is 16.2. The molecule has 1 spiro atoms. The van der Waals surface area contributed by atoms with Crippen molar-refractivity contribution in [3.63, 3.8) is 0 Å². The van der Waals surface area contributed by atoms with Crippen LogP contribution < -0.4 is 10.2 Å². The first-order chi connectivity index (χ1) is 11.2. The van der Waals surface area contributed by atoms with Gasteiger partial charge in [0.25, 0.3) is 0 Å². The molecule has 1 N–H and O–H groups in total. The van der Waals surface area contributed by atoms with Gasteiger partial charge in [0.1, 0.15) is 0 Å². The van der Waals surface area contributed by atoms with Crippen LogP contribution in [0.25, 0.3) is 5.69 Å². The molecule has 1 aromatic heterocycles. The standard InChI is InChI=1S/C18H22N4O/c1-14-11-19-13-22(14)16-7-5-15(6-8-16)21-12-18(20-17(21)23)9-3-2-4-10-18/h5-8,11,13H,2-4,9-10,12H2,1H3,(H,20,23). The molecule has 1 aliphatic carbocycles. The van der Waals surface area contributed by atoms with E-state index in [2.05, 4.69) is 10.3 Å². The monoisotopic (exact) mass is 310 g/mol. The molecule has 0 unspecified atom stereocenters. The third-order valence-electron chi connectivity index (χ3n) is 5.15. The van der Waals surface area contributed by atoms with Gasteiger partial charge in [-0.25, -0.2) is 9.78 Å². The lowest BCUT2D eigenvalue weighted by Crippen LogP contribution is -2.44. The van der Waals surface area contributed by atoms with Crippen LogP contribution in [0.1, 0.15) is 37.8 Å². The molecule has 0 atom stereocenters. The highest BCUT2D eigenvalue weighted by molar-refractivity contribution is 5.95. The Morgan fingerprint density at radius 2 is 1.78 bits per heavy atom. The average molecular weight is 310 g/mol. The average Bonchev–Trinajstić information content (AvgIpc) is 3.12. The summed E-state index contributed by atoms with van der Waals surface area (Å²) in [5.74, 6) is 0. The topological polar surface area (TPSA) is 50.2 Å². The lowest BCUT2D eigenvalue weighted by molar-refractivity contribution is 0.237. The number of amides is 2. The smallest absolute Gasteiger partial charge is 0.322 e. The number of carbonyl (C=O) groups excluding carboxylic acids is 1. The molecular formula is C18H22N4O. The van der Waals surface area contributed by atoms with E-state index in [-0.39, 0.29) is 11.6 Å². The Kier molecular flexibility index (Phi) is 3.36. The van der Waals surface area contributed by atoms with E-state index in [1.807, 2.05) is 53.2 Å². The highest BCUT2D eigenvalue weighted by Crippen LogP contribution is 2.34. The fourth-order valence-electron chi connectivity index (χ4n) is 3.85. The molecule has 2 aliphatic rings. The van der Waals surface area contributed by atoms with E-state index in [1.54, 1.807) is 0 Å². The molecule has 0 bridgehead atoms. The number of anilines is 1. The number of nitrogens with zero attached hydrogens (tertiary/aromatic N) is 3. The second-order valence-corrected chi connectivity index (χ2v) is 6.78. The van der Waals surface area contributed by atoms with Gasteiger partial charge in [0, 0.05) is 23.3 Å². The first-order valence-electron chi connectivity index (χ1n) is 8.36. The molecule has 1 saturated heterocycles. The van der Waals surface area contributed by atoms with Gasteiger partial charge in [-0.1, -0.05) is 19.3 Å². The maximum Gasteiger partial charge on any atom is 0.322 e. The van der Waals surface area contributed by atoms with Crippen molar-refractivity contribution in [3.8, 4) is 5.69 Å². The van der Waals surface area contributed by atoms with Crippen molar-refractivity contribution in [2.45, 2.75) is 44.6 Å². The number of aromatic nitrogens is 2. The van der Waals surface area contributed by atoms with Gasteiger partial charge in [-0.2, -0.15) is 0 Å². The Labute approximate surface area is 136 Å². The second-order valence-electron chi connectivity index (χ2n) is 6.78. The van der Waals surface area contributed by atoms with Crippen molar-refractivity contribution in [2.75, 3.05) is 11.4 Å². The number of carbonyl (C=O) groups is 1. The third kappa shape index (κ3) is 2.50. The van der Waals surface area contributed by atoms with Gasteiger partial charge in [-0.15, -0.1) is 0 Å². The lowest BCUT2D eigenvalue weighted by atomic mass is 9.82. The van der Waals surface area contributed by atoms with Crippen molar-refractivity contribution in [3.05, 3.63) is 42.5 Å². The molecule has 5 heteroatoms. The molecule has 1 saturated carbocycles. The summed E-state index contributed by atoms with van der Waals surface area (Å²) in [7, 11) is 0. The Morgan fingerprint density at radius 3 is 2.43 bits per heavy atom. The molecule has 1 aliphatic heterocycles. The number of imidazole rings is 1. The van der Waals surface area contributed by atoms with Gasteiger partial charge in [0.15, 0.2) is 0 Å². The molecule has 120 valence electrons. The maximum atomic E-state index is 12.4. The molecule has 1 aromatic carbocycles. The summed E-state index contributed by atoms with van der Waals surface area (Å²) >= 11 is 0. The normalized spacial score (nSPS) is 20.0. The Hall–Kier alpha value is -2.30. The van der Waals surface area contributed by atoms with Crippen LogP contribution in [0.5, 0.6) is 0 Å². The van der Waals surface area contributed by atoms with Crippen LogP contribution in [0.4, 0.5) is 10.5 Å². The Bertz CT molecular complexity index is 713. The van der Waals surface area contributed by atoms with Crippen molar-refractivity contribution in [2.24, 2.45) is 0 Å². The van der Waals surface area contributed by atoms with Crippen molar-refractivity contribution < 1.29 is 4.79 Å². The van der Waals surface area contributed by atoms with Gasteiger partial charge in [0.05, 0.1) is 18.4 Å². The summed E-state index contributed by atoms with van der Waals surface area (Å²) in [6, 6.07) is 8.18. The summed E-state index contributed by atoms with van der Waals surface area (Å²) in [5.41, 5.74) is 3.12. The van der Waals surface area contributed by atoms with Gasteiger partial charge < -0.3 is 9.88 Å². The maximum absolute atomic E-state index is 12.4. The zero-order valence-electron chi connectivity index (χ0n) is 13.5. The van der Waals surface area contributed by atoms with Crippen molar-refractivity contribution in [1.29, 1.82) is 0 Å². The predicted molar refractivity (Wildman–Crippen MR) is 90.0 cm³/mol. The van der Waals surface area contributed by atoms with Crippen LogP contribution in [0.2, 0.25) is 0 Å². The minimum atomic E-state index is -0.00502. The summed E-state index contributed by atoms with van der Waals surface area (Å²) in [6.45, 7) is 2.82. The van der Waals surface area contributed by atoms with Crippen LogP contribution in [-0.2, 0) is 0 Å². The van der Waals surface area contributed by atoms with E-state index >= 15 is 0 Å². The van der Waals surface area contributed by atoms with Crippen LogP contribution in [0, 0.1) is 6.92 Å². The highest BCUT2D eigenvalue weighted by Gasteiger charge is 2.43. The Balaban J connectivity index is 1.56. The number of rotatable bonds is 2. The zero-order chi connectivity index (χ0) is 15.9. The molecule has 0 radical (unpaired) electrons. The minimum Gasteiger partial charge on any atom is -0.330 e. The minimum absolute atomic E-state index is 0.00502. The fraction of sp³-hybridized carbons (Fsp3) is 0.444. The lowest BCUT2D eigenvalue weighted by Gasteiger charge is -2.32. The fourth-order valence-corrected chi connectivity index (χ4v) is 3.85. The van der Waals surface area contributed by atoms with Gasteiger partial charge in [-0.3, -0.25) is 4.90 Å². The number of urea groups is 1. The quantitative estimate of drug-likeness (QED) is 0.924. The first kappa shape index (κ1) is 14.3. The van der Waals surface area contributed by atoms with Crippen LogP contribution >= 0.6 is 0 Å². The number of benzene rings is 1. The first-order valence-corrected chi connectivity index (χ1v) is 8.36. The SMILES string of the molecule is Cc1cncn1-c1ccc(N2CC3(CCCCC3)NC2=O)cc1.